The van der Waals surface area contributed by atoms with Crippen molar-refractivity contribution in [2.45, 2.75) is 32.4 Å². The molecule has 1 atom stereocenters. The zero-order chi connectivity index (χ0) is 13.9. The number of aryl methyl sites for hydroxylation is 1. The van der Waals surface area contributed by atoms with Gasteiger partial charge in [0, 0.05) is 17.6 Å². The van der Waals surface area contributed by atoms with E-state index in [1.165, 1.54) is 36.1 Å². The maximum Gasteiger partial charge on any atom is 0.0406 e. The van der Waals surface area contributed by atoms with Crippen LogP contribution in [0.15, 0.2) is 48.5 Å². The molecule has 0 unspecified atom stereocenters. The summed E-state index contributed by atoms with van der Waals surface area (Å²) in [5, 5.41) is 0.811. The second kappa shape index (κ2) is 5.99. The summed E-state index contributed by atoms with van der Waals surface area (Å²) in [6.45, 7) is 4.36. The lowest BCUT2D eigenvalue weighted by Gasteiger charge is -2.25. The Morgan fingerprint density at radius 1 is 1.15 bits per heavy atom. The van der Waals surface area contributed by atoms with E-state index in [0.717, 1.165) is 11.6 Å². The molecule has 0 aliphatic carbocycles. The topological polar surface area (TPSA) is 3.24 Å². The highest BCUT2D eigenvalue weighted by molar-refractivity contribution is 6.30. The van der Waals surface area contributed by atoms with E-state index < -0.39 is 0 Å². The lowest BCUT2D eigenvalue weighted by molar-refractivity contribution is 0.248. The first kappa shape index (κ1) is 13.7. The number of hydrogen-bond acceptors (Lipinski definition) is 1. The zero-order valence-corrected chi connectivity index (χ0v) is 12.6. The van der Waals surface area contributed by atoms with Crippen LogP contribution in [0.3, 0.4) is 0 Å². The largest absolute Gasteiger partial charge is 0.292 e. The standard InChI is InChI=1S/C18H20ClN/c1-14-4-2-5-16(12-14)18-6-3-11-20(18)13-15-7-9-17(19)10-8-15/h2,4-5,7-10,12,18H,3,6,11,13H2,1H3/t18-/m0/s1. The van der Waals surface area contributed by atoms with Crippen molar-refractivity contribution in [2.24, 2.45) is 0 Å². The van der Waals surface area contributed by atoms with E-state index in [9.17, 15) is 0 Å². The highest BCUT2D eigenvalue weighted by Crippen LogP contribution is 2.33. The third-order valence-electron chi connectivity index (χ3n) is 4.09. The quantitative estimate of drug-likeness (QED) is 0.768. The van der Waals surface area contributed by atoms with Crippen LogP contribution in [0.5, 0.6) is 0 Å². The van der Waals surface area contributed by atoms with Crippen molar-refractivity contribution >= 4 is 11.6 Å². The summed E-state index contributed by atoms with van der Waals surface area (Å²) >= 11 is 5.96. The second-order valence-electron chi connectivity index (χ2n) is 5.67. The van der Waals surface area contributed by atoms with Gasteiger partial charge in [0.05, 0.1) is 0 Å². The molecular weight excluding hydrogens is 266 g/mol. The summed E-state index contributed by atoms with van der Waals surface area (Å²) in [5.41, 5.74) is 4.14. The summed E-state index contributed by atoms with van der Waals surface area (Å²) in [4.78, 5) is 2.58. The molecule has 1 heterocycles. The van der Waals surface area contributed by atoms with Crippen molar-refractivity contribution in [3.05, 3.63) is 70.2 Å². The minimum absolute atomic E-state index is 0.561. The number of nitrogens with zero attached hydrogens (tertiary/aromatic N) is 1. The molecule has 0 bridgehead atoms. The molecule has 1 aliphatic rings. The fraction of sp³-hybridized carbons (Fsp3) is 0.333. The smallest absolute Gasteiger partial charge is 0.0406 e. The molecule has 1 fully saturated rings. The number of hydrogen-bond donors (Lipinski definition) is 0. The van der Waals surface area contributed by atoms with Gasteiger partial charge in [-0.15, -0.1) is 0 Å². The van der Waals surface area contributed by atoms with E-state index in [2.05, 4.69) is 48.2 Å². The van der Waals surface area contributed by atoms with Crippen LogP contribution >= 0.6 is 11.6 Å². The first-order valence-corrected chi connectivity index (χ1v) is 7.65. The lowest BCUT2D eigenvalue weighted by atomic mass is 10.0. The monoisotopic (exact) mass is 285 g/mol. The first-order chi connectivity index (χ1) is 9.72. The minimum atomic E-state index is 0.561. The van der Waals surface area contributed by atoms with Gasteiger partial charge >= 0.3 is 0 Å². The normalized spacial score (nSPS) is 19.4. The third kappa shape index (κ3) is 3.05. The van der Waals surface area contributed by atoms with Gasteiger partial charge in [0.25, 0.3) is 0 Å². The Hall–Kier alpha value is -1.31. The van der Waals surface area contributed by atoms with Crippen LogP contribution in [-0.4, -0.2) is 11.4 Å². The average molecular weight is 286 g/mol. The summed E-state index contributed by atoms with van der Waals surface area (Å²) < 4.78 is 0. The van der Waals surface area contributed by atoms with Crippen LogP contribution in [-0.2, 0) is 6.54 Å². The van der Waals surface area contributed by atoms with Crippen LogP contribution in [0.1, 0.15) is 35.6 Å². The Balaban J connectivity index is 1.77. The molecule has 2 aromatic carbocycles. The lowest BCUT2D eigenvalue weighted by Crippen LogP contribution is -2.22. The van der Waals surface area contributed by atoms with E-state index in [4.69, 9.17) is 11.6 Å². The summed E-state index contributed by atoms with van der Waals surface area (Å²) in [6, 6.07) is 17.7. The van der Waals surface area contributed by atoms with Gasteiger partial charge in [-0.05, 0) is 49.6 Å². The van der Waals surface area contributed by atoms with Crippen molar-refractivity contribution in [1.82, 2.24) is 4.90 Å². The fourth-order valence-corrected chi connectivity index (χ4v) is 3.22. The zero-order valence-electron chi connectivity index (χ0n) is 11.8. The van der Waals surface area contributed by atoms with Gasteiger partial charge in [-0.25, -0.2) is 0 Å². The highest BCUT2D eigenvalue weighted by atomic mass is 35.5. The second-order valence-corrected chi connectivity index (χ2v) is 6.11. The summed E-state index contributed by atoms with van der Waals surface area (Å²) in [5.74, 6) is 0. The molecule has 20 heavy (non-hydrogen) atoms. The third-order valence-corrected chi connectivity index (χ3v) is 4.34. The van der Waals surface area contributed by atoms with Crippen LogP contribution in [0.2, 0.25) is 5.02 Å². The molecular formula is C18H20ClN. The van der Waals surface area contributed by atoms with Crippen molar-refractivity contribution in [2.75, 3.05) is 6.54 Å². The van der Waals surface area contributed by atoms with Gasteiger partial charge in [0.2, 0.25) is 0 Å². The Morgan fingerprint density at radius 2 is 1.95 bits per heavy atom. The SMILES string of the molecule is Cc1cccc([C@@H]2CCCN2Cc2ccc(Cl)cc2)c1. The molecule has 0 radical (unpaired) electrons. The summed E-state index contributed by atoms with van der Waals surface area (Å²) in [6.07, 6.45) is 2.54. The molecule has 1 aliphatic heterocycles. The van der Waals surface area contributed by atoms with Crippen molar-refractivity contribution in [1.29, 1.82) is 0 Å². The van der Waals surface area contributed by atoms with Gasteiger partial charge in [-0.2, -0.15) is 0 Å². The highest BCUT2D eigenvalue weighted by Gasteiger charge is 2.25. The molecule has 2 aromatic rings. The molecule has 0 aromatic heterocycles. The van der Waals surface area contributed by atoms with E-state index in [1.54, 1.807) is 0 Å². The fourth-order valence-electron chi connectivity index (χ4n) is 3.09. The number of halogens is 1. The van der Waals surface area contributed by atoms with Crippen LogP contribution in [0.4, 0.5) is 0 Å². The molecule has 0 saturated carbocycles. The van der Waals surface area contributed by atoms with Gasteiger partial charge < -0.3 is 0 Å². The molecule has 0 amide bonds. The van der Waals surface area contributed by atoms with Crippen molar-refractivity contribution in [3.63, 3.8) is 0 Å². The Kier molecular flexibility index (Phi) is 4.09. The molecule has 1 nitrogen and oxygen atoms in total. The van der Waals surface area contributed by atoms with Crippen molar-refractivity contribution < 1.29 is 0 Å². The Labute approximate surface area is 126 Å². The molecule has 0 N–H and O–H groups in total. The van der Waals surface area contributed by atoms with E-state index in [0.29, 0.717) is 6.04 Å². The molecule has 3 rings (SSSR count). The van der Waals surface area contributed by atoms with Gasteiger partial charge in [-0.1, -0.05) is 53.6 Å². The molecule has 1 saturated heterocycles. The van der Waals surface area contributed by atoms with Crippen LogP contribution in [0.25, 0.3) is 0 Å². The van der Waals surface area contributed by atoms with Gasteiger partial charge in [0.15, 0.2) is 0 Å². The van der Waals surface area contributed by atoms with Crippen molar-refractivity contribution in [3.8, 4) is 0 Å². The molecule has 104 valence electrons. The van der Waals surface area contributed by atoms with Crippen LogP contribution in [0, 0.1) is 6.92 Å². The van der Waals surface area contributed by atoms with Gasteiger partial charge in [0.1, 0.15) is 0 Å². The van der Waals surface area contributed by atoms with E-state index >= 15 is 0 Å². The minimum Gasteiger partial charge on any atom is -0.292 e. The average Bonchev–Trinajstić information content (AvgIpc) is 2.89. The molecule has 2 heteroatoms. The molecule has 0 spiro atoms. The maximum absolute atomic E-state index is 5.96. The number of rotatable bonds is 3. The number of likely N-dealkylation sites (tertiary alicyclic amines) is 1. The van der Waals surface area contributed by atoms with E-state index in [1.807, 2.05) is 12.1 Å². The first-order valence-electron chi connectivity index (χ1n) is 7.27. The number of benzene rings is 2. The Bertz CT molecular complexity index is 576. The van der Waals surface area contributed by atoms with Crippen LogP contribution < -0.4 is 0 Å². The predicted octanol–water partition coefficient (Wildman–Crippen LogP) is 4.99. The van der Waals surface area contributed by atoms with E-state index in [-0.39, 0.29) is 0 Å². The van der Waals surface area contributed by atoms with Gasteiger partial charge in [-0.3, -0.25) is 4.90 Å². The Morgan fingerprint density at radius 3 is 2.70 bits per heavy atom. The summed E-state index contributed by atoms with van der Waals surface area (Å²) in [7, 11) is 0. The maximum atomic E-state index is 5.96. The predicted molar refractivity (Wildman–Crippen MR) is 85.0 cm³/mol.